The zero-order chi connectivity index (χ0) is 12.1. The van der Waals surface area contributed by atoms with Gasteiger partial charge in [0.2, 0.25) is 0 Å². The van der Waals surface area contributed by atoms with E-state index in [1.54, 1.807) is 0 Å². The number of aryl methyl sites for hydroxylation is 1. The molecule has 1 aliphatic carbocycles. The van der Waals surface area contributed by atoms with Gasteiger partial charge in [-0.15, -0.1) is 0 Å². The summed E-state index contributed by atoms with van der Waals surface area (Å²) in [5.74, 6) is 1.08. The molecule has 2 N–H and O–H groups in total. The van der Waals surface area contributed by atoms with Crippen LogP contribution >= 0.6 is 12.2 Å². The second-order valence-electron chi connectivity index (χ2n) is 4.59. The van der Waals surface area contributed by atoms with Crippen molar-refractivity contribution in [1.82, 2.24) is 20.2 Å². The van der Waals surface area contributed by atoms with E-state index in [2.05, 4.69) is 15.6 Å². The highest BCUT2D eigenvalue weighted by Gasteiger charge is 2.15. The predicted molar refractivity (Wildman–Crippen MR) is 72.9 cm³/mol. The third-order valence-corrected chi connectivity index (χ3v) is 3.51. The molecule has 94 valence electrons. The molecule has 0 spiro atoms. The molecule has 0 aliphatic heterocycles. The van der Waals surface area contributed by atoms with Crippen LogP contribution in [0.4, 0.5) is 0 Å². The minimum atomic E-state index is 0.586. The molecule has 1 saturated carbocycles. The van der Waals surface area contributed by atoms with Gasteiger partial charge in [-0.3, -0.25) is 0 Å². The molecular formula is C12H20N4S. The van der Waals surface area contributed by atoms with E-state index >= 15 is 0 Å². The number of rotatable bonds is 4. The summed E-state index contributed by atoms with van der Waals surface area (Å²) in [6.07, 6.45) is 9.84. The van der Waals surface area contributed by atoms with Gasteiger partial charge >= 0.3 is 0 Å². The maximum atomic E-state index is 5.27. The molecule has 2 rings (SSSR count). The number of thiocarbonyl (C=S) groups is 1. The summed E-state index contributed by atoms with van der Waals surface area (Å²) in [5, 5.41) is 7.39. The van der Waals surface area contributed by atoms with Gasteiger partial charge in [-0.1, -0.05) is 12.8 Å². The van der Waals surface area contributed by atoms with E-state index in [-0.39, 0.29) is 0 Å². The molecule has 0 radical (unpaired) electrons. The highest BCUT2D eigenvalue weighted by Crippen LogP contribution is 2.17. The van der Waals surface area contributed by atoms with Crippen molar-refractivity contribution in [1.29, 1.82) is 0 Å². The quantitative estimate of drug-likeness (QED) is 0.794. The lowest BCUT2D eigenvalue weighted by molar-refractivity contribution is 0.619. The molecule has 0 atom stereocenters. The van der Waals surface area contributed by atoms with E-state index in [1.165, 1.54) is 25.7 Å². The Kier molecular flexibility index (Phi) is 4.36. The maximum Gasteiger partial charge on any atom is 0.166 e. The van der Waals surface area contributed by atoms with Crippen molar-refractivity contribution in [3.05, 3.63) is 18.2 Å². The Morgan fingerprint density at radius 3 is 2.94 bits per heavy atom. The average Bonchev–Trinajstić information content (AvgIpc) is 2.91. The van der Waals surface area contributed by atoms with Crippen molar-refractivity contribution in [2.45, 2.75) is 38.1 Å². The fourth-order valence-electron chi connectivity index (χ4n) is 2.23. The van der Waals surface area contributed by atoms with Crippen molar-refractivity contribution < 1.29 is 0 Å². The smallest absolute Gasteiger partial charge is 0.166 e. The Bertz CT molecular complexity index is 368. The third-order valence-electron chi connectivity index (χ3n) is 3.25. The highest BCUT2D eigenvalue weighted by atomic mass is 32.1. The van der Waals surface area contributed by atoms with E-state index in [1.807, 2.05) is 24.0 Å². The van der Waals surface area contributed by atoms with Gasteiger partial charge in [-0.25, -0.2) is 4.98 Å². The Morgan fingerprint density at radius 1 is 1.53 bits per heavy atom. The summed E-state index contributed by atoms with van der Waals surface area (Å²) >= 11 is 5.27. The number of imidazole rings is 1. The molecule has 5 heteroatoms. The molecule has 4 nitrogen and oxygen atoms in total. The van der Waals surface area contributed by atoms with E-state index < -0.39 is 0 Å². The number of nitrogens with zero attached hydrogens (tertiary/aromatic N) is 2. The minimum absolute atomic E-state index is 0.586. The van der Waals surface area contributed by atoms with Gasteiger partial charge in [-0.05, 0) is 25.1 Å². The van der Waals surface area contributed by atoms with Crippen molar-refractivity contribution in [2.24, 2.45) is 7.05 Å². The van der Waals surface area contributed by atoms with Crippen LogP contribution in [0.5, 0.6) is 0 Å². The van der Waals surface area contributed by atoms with Crippen molar-refractivity contribution in [3.63, 3.8) is 0 Å². The van der Waals surface area contributed by atoms with Gasteiger partial charge in [0.25, 0.3) is 0 Å². The van der Waals surface area contributed by atoms with Crippen LogP contribution < -0.4 is 10.6 Å². The van der Waals surface area contributed by atoms with E-state index in [4.69, 9.17) is 12.2 Å². The average molecular weight is 252 g/mol. The predicted octanol–water partition coefficient (Wildman–Crippen LogP) is 1.37. The normalized spacial score (nSPS) is 16.1. The van der Waals surface area contributed by atoms with Gasteiger partial charge in [0, 0.05) is 38.4 Å². The monoisotopic (exact) mass is 252 g/mol. The van der Waals surface area contributed by atoms with Crippen LogP contribution in [0.15, 0.2) is 12.4 Å². The van der Waals surface area contributed by atoms with Crippen LogP contribution in [0.25, 0.3) is 0 Å². The molecule has 1 aliphatic rings. The molecule has 0 bridgehead atoms. The standard InChI is InChI=1S/C12H20N4S/c1-16-9-8-13-11(16)6-7-14-12(17)15-10-4-2-3-5-10/h8-10H,2-7H2,1H3,(H2,14,15,17). The summed E-state index contributed by atoms with van der Waals surface area (Å²) in [7, 11) is 2.01. The van der Waals surface area contributed by atoms with Crippen LogP contribution in [0.2, 0.25) is 0 Å². The van der Waals surface area contributed by atoms with Gasteiger partial charge in [-0.2, -0.15) is 0 Å². The van der Waals surface area contributed by atoms with Gasteiger partial charge in [0.05, 0.1) is 0 Å². The first-order valence-electron chi connectivity index (χ1n) is 6.26. The van der Waals surface area contributed by atoms with Crippen LogP contribution in [-0.2, 0) is 13.5 Å². The molecule has 1 heterocycles. The number of nitrogens with one attached hydrogen (secondary N) is 2. The fourth-order valence-corrected chi connectivity index (χ4v) is 2.50. The molecule has 0 unspecified atom stereocenters. The molecular weight excluding hydrogens is 232 g/mol. The first-order chi connectivity index (χ1) is 8.25. The first kappa shape index (κ1) is 12.4. The maximum absolute atomic E-state index is 5.27. The van der Waals surface area contributed by atoms with Gasteiger partial charge in [0.1, 0.15) is 5.82 Å². The molecule has 0 aromatic carbocycles. The van der Waals surface area contributed by atoms with Crippen LogP contribution in [0, 0.1) is 0 Å². The number of hydrogen-bond donors (Lipinski definition) is 2. The van der Waals surface area contributed by atoms with Gasteiger partial charge < -0.3 is 15.2 Å². The first-order valence-corrected chi connectivity index (χ1v) is 6.67. The minimum Gasteiger partial charge on any atom is -0.362 e. The van der Waals surface area contributed by atoms with Crippen molar-refractivity contribution in [3.8, 4) is 0 Å². The third kappa shape index (κ3) is 3.70. The number of aromatic nitrogens is 2. The second kappa shape index (κ2) is 6.00. The Balaban J connectivity index is 1.64. The SMILES string of the molecule is Cn1ccnc1CCNC(=S)NC1CCCC1. The van der Waals surface area contributed by atoms with Gasteiger partial charge in [0.15, 0.2) is 5.11 Å². The lowest BCUT2D eigenvalue weighted by Gasteiger charge is -2.15. The summed E-state index contributed by atoms with van der Waals surface area (Å²) in [5.41, 5.74) is 0. The molecule has 17 heavy (non-hydrogen) atoms. The van der Waals surface area contributed by atoms with Crippen LogP contribution in [0.3, 0.4) is 0 Å². The van der Waals surface area contributed by atoms with Crippen LogP contribution in [-0.4, -0.2) is 27.3 Å². The van der Waals surface area contributed by atoms with E-state index in [0.717, 1.165) is 23.9 Å². The molecule has 1 fully saturated rings. The molecule has 1 aromatic rings. The van der Waals surface area contributed by atoms with Crippen LogP contribution in [0.1, 0.15) is 31.5 Å². The zero-order valence-electron chi connectivity index (χ0n) is 10.3. The zero-order valence-corrected chi connectivity index (χ0v) is 11.1. The lowest BCUT2D eigenvalue weighted by atomic mass is 10.3. The largest absolute Gasteiger partial charge is 0.362 e. The second-order valence-corrected chi connectivity index (χ2v) is 4.99. The Hall–Kier alpha value is -1.10. The van der Waals surface area contributed by atoms with Crippen molar-refractivity contribution in [2.75, 3.05) is 6.54 Å². The molecule has 0 saturated heterocycles. The van der Waals surface area contributed by atoms with E-state index in [0.29, 0.717) is 6.04 Å². The summed E-state index contributed by atoms with van der Waals surface area (Å²) in [6.45, 7) is 0.837. The fraction of sp³-hybridized carbons (Fsp3) is 0.667. The summed E-state index contributed by atoms with van der Waals surface area (Å²) < 4.78 is 2.04. The lowest BCUT2D eigenvalue weighted by Crippen LogP contribution is -2.41. The molecule has 1 aromatic heterocycles. The Morgan fingerprint density at radius 2 is 2.29 bits per heavy atom. The molecule has 0 amide bonds. The summed E-state index contributed by atoms with van der Waals surface area (Å²) in [6, 6.07) is 0.586. The van der Waals surface area contributed by atoms with E-state index in [9.17, 15) is 0 Å². The number of hydrogen-bond acceptors (Lipinski definition) is 2. The summed E-state index contributed by atoms with van der Waals surface area (Å²) in [4.78, 5) is 4.28. The Labute approximate surface area is 108 Å². The topological polar surface area (TPSA) is 41.9 Å². The van der Waals surface area contributed by atoms with Crippen molar-refractivity contribution >= 4 is 17.3 Å². The highest BCUT2D eigenvalue weighted by molar-refractivity contribution is 7.80.